The first kappa shape index (κ1) is 17.0. The molecular weight excluding hydrogens is 283 g/mol. The second-order valence-corrected chi connectivity index (χ2v) is 6.14. The summed E-state index contributed by atoms with van der Waals surface area (Å²) in [6, 6.07) is 0.589. The molecule has 0 aromatic heterocycles. The van der Waals surface area contributed by atoms with Crippen LogP contribution in [0.5, 0.6) is 0 Å². The lowest BCUT2D eigenvalue weighted by Gasteiger charge is -2.34. The number of ether oxygens (including phenoxy) is 1. The monoisotopic (exact) mass is 309 g/mol. The number of piperidine rings is 1. The molecule has 2 fully saturated rings. The molecule has 21 heavy (non-hydrogen) atoms. The zero-order valence-corrected chi connectivity index (χ0v) is 12.7. The highest BCUT2D eigenvalue weighted by Gasteiger charge is 2.35. The van der Waals surface area contributed by atoms with Gasteiger partial charge >= 0.3 is 6.18 Å². The van der Waals surface area contributed by atoms with Crippen LogP contribution < -0.4 is 5.32 Å². The largest absolute Gasteiger partial charge is 0.401 e. The van der Waals surface area contributed by atoms with E-state index in [-0.39, 0.29) is 6.04 Å². The van der Waals surface area contributed by atoms with Crippen LogP contribution in [0.1, 0.15) is 19.3 Å². The highest BCUT2D eigenvalue weighted by atomic mass is 19.4. The fraction of sp³-hybridized carbons (Fsp3) is 1.00. The molecule has 2 atom stereocenters. The maximum absolute atomic E-state index is 12.4. The van der Waals surface area contributed by atoms with Crippen molar-refractivity contribution in [3.05, 3.63) is 0 Å². The van der Waals surface area contributed by atoms with Crippen LogP contribution in [0.2, 0.25) is 0 Å². The predicted molar refractivity (Wildman–Crippen MR) is 75.4 cm³/mol. The highest BCUT2D eigenvalue weighted by molar-refractivity contribution is 4.87. The number of methoxy groups -OCH3 is 1. The molecule has 0 bridgehead atoms. The van der Waals surface area contributed by atoms with Gasteiger partial charge in [-0.25, -0.2) is 0 Å². The number of likely N-dealkylation sites (tertiary alicyclic amines) is 2. The van der Waals surface area contributed by atoms with E-state index in [4.69, 9.17) is 4.74 Å². The van der Waals surface area contributed by atoms with Crippen molar-refractivity contribution in [3.8, 4) is 0 Å². The summed E-state index contributed by atoms with van der Waals surface area (Å²) in [4.78, 5) is 3.87. The minimum absolute atomic E-state index is 0.194. The maximum atomic E-state index is 12.4. The lowest BCUT2D eigenvalue weighted by atomic mass is 10.0. The summed E-state index contributed by atoms with van der Waals surface area (Å²) >= 11 is 0. The van der Waals surface area contributed by atoms with Gasteiger partial charge in [0.15, 0.2) is 0 Å². The number of nitrogens with zero attached hydrogens (tertiary/aromatic N) is 2. The van der Waals surface area contributed by atoms with Gasteiger partial charge in [-0.2, -0.15) is 13.2 Å². The molecule has 0 saturated carbocycles. The van der Waals surface area contributed by atoms with Crippen LogP contribution in [0, 0.1) is 0 Å². The molecule has 0 aromatic carbocycles. The van der Waals surface area contributed by atoms with Gasteiger partial charge in [-0.3, -0.25) is 9.80 Å². The van der Waals surface area contributed by atoms with E-state index in [0.717, 1.165) is 45.5 Å². The van der Waals surface area contributed by atoms with E-state index >= 15 is 0 Å². The Balaban J connectivity index is 1.70. The minimum atomic E-state index is -4.09. The van der Waals surface area contributed by atoms with E-state index in [1.165, 1.54) is 4.90 Å². The third-order valence-electron chi connectivity index (χ3n) is 4.26. The van der Waals surface area contributed by atoms with E-state index in [1.807, 2.05) is 0 Å². The summed E-state index contributed by atoms with van der Waals surface area (Å²) in [7, 11) is 1.70. The molecule has 0 amide bonds. The van der Waals surface area contributed by atoms with E-state index in [1.54, 1.807) is 7.11 Å². The van der Waals surface area contributed by atoms with Crippen LogP contribution in [-0.4, -0.2) is 81.0 Å². The van der Waals surface area contributed by atoms with Crippen LogP contribution in [-0.2, 0) is 4.74 Å². The van der Waals surface area contributed by atoms with Gasteiger partial charge in [-0.05, 0) is 25.8 Å². The summed E-state index contributed by atoms with van der Waals surface area (Å²) in [6.07, 6.45) is -1.03. The molecule has 0 aliphatic carbocycles. The van der Waals surface area contributed by atoms with Crippen LogP contribution in [0.4, 0.5) is 13.2 Å². The summed E-state index contributed by atoms with van der Waals surface area (Å²) in [6.45, 7) is 3.99. The van der Waals surface area contributed by atoms with Crippen molar-refractivity contribution in [2.45, 2.75) is 37.5 Å². The fourth-order valence-electron chi connectivity index (χ4n) is 3.31. The van der Waals surface area contributed by atoms with Crippen molar-refractivity contribution >= 4 is 0 Å². The molecule has 2 heterocycles. The maximum Gasteiger partial charge on any atom is 0.401 e. The molecule has 4 nitrogen and oxygen atoms in total. The van der Waals surface area contributed by atoms with Gasteiger partial charge in [0.1, 0.15) is 0 Å². The van der Waals surface area contributed by atoms with E-state index in [2.05, 4.69) is 10.2 Å². The van der Waals surface area contributed by atoms with Crippen LogP contribution in [0.3, 0.4) is 0 Å². The van der Waals surface area contributed by atoms with Crippen molar-refractivity contribution in [1.29, 1.82) is 0 Å². The van der Waals surface area contributed by atoms with Gasteiger partial charge in [-0.15, -0.1) is 0 Å². The summed E-state index contributed by atoms with van der Waals surface area (Å²) in [5, 5.41) is 3.55. The molecule has 2 rings (SSSR count). The Hall–Kier alpha value is -0.370. The molecular formula is C14H26F3N3O. The Morgan fingerprint density at radius 3 is 2.52 bits per heavy atom. The Morgan fingerprint density at radius 2 is 1.81 bits per heavy atom. The predicted octanol–water partition coefficient (Wildman–Crippen LogP) is 1.32. The molecule has 0 radical (unpaired) electrons. The molecule has 7 heteroatoms. The average molecular weight is 309 g/mol. The third kappa shape index (κ3) is 6.10. The Morgan fingerprint density at radius 1 is 1.10 bits per heavy atom. The highest BCUT2D eigenvalue weighted by Crippen LogP contribution is 2.21. The summed E-state index contributed by atoms with van der Waals surface area (Å²) in [5.41, 5.74) is 0. The van der Waals surface area contributed by atoms with Crippen molar-refractivity contribution in [2.75, 3.05) is 53.0 Å². The van der Waals surface area contributed by atoms with E-state index in [9.17, 15) is 13.2 Å². The molecule has 0 aromatic rings. The minimum Gasteiger partial charge on any atom is -0.383 e. The van der Waals surface area contributed by atoms with E-state index in [0.29, 0.717) is 19.1 Å². The van der Waals surface area contributed by atoms with Crippen molar-refractivity contribution < 1.29 is 17.9 Å². The van der Waals surface area contributed by atoms with Crippen molar-refractivity contribution in [1.82, 2.24) is 15.1 Å². The second-order valence-electron chi connectivity index (χ2n) is 6.14. The first-order valence-electron chi connectivity index (χ1n) is 7.73. The first-order chi connectivity index (χ1) is 9.96. The topological polar surface area (TPSA) is 27.7 Å². The van der Waals surface area contributed by atoms with Gasteiger partial charge in [0.2, 0.25) is 0 Å². The Kier molecular flexibility index (Phi) is 6.28. The molecule has 2 aliphatic heterocycles. The number of alkyl halides is 3. The fourth-order valence-corrected chi connectivity index (χ4v) is 3.31. The molecule has 2 saturated heterocycles. The van der Waals surface area contributed by atoms with Gasteiger partial charge < -0.3 is 10.1 Å². The number of hydrogen-bond donors (Lipinski definition) is 1. The quantitative estimate of drug-likeness (QED) is 0.801. The number of hydrogen-bond acceptors (Lipinski definition) is 4. The average Bonchev–Trinajstić information content (AvgIpc) is 2.81. The molecule has 0 unspecified atom stereocenters. The summed E-state index contributed by atoms with van der Waals surface area (Å²) in [5.74, 6) is 0. The summed E-state index contributed by atoms with van der Waals surface area (Å²) < 4.78 is 42.2. The van der Waals surface area contributed by atoms with Crippen LogP contribution in [0.15, 0.2) is 0 Å². The van der Waals surface area contributed by atoms with Gasteiger partial charge in [0, 0.05) is 45.4 Å². The molecule has 124 valence electrons. The van der Waals surface area contributed by atoms with Crippen LogP contribution >= 0.6 is 0 Å². The van der Waals surface area contributed by atoms with E-state index < -0.39 is 12.7 Å². The van der Waals surface area contributed by atoms with Crippen molar-refractivity contribution in [3.63, 3.8) is 0 Å². The number of rotatable bonds is 6. The number of halogens is 3. The Bertz CT molecular complexity index is 314. The molecule has 2 aliphatic rings. The zero-order chi connectivity index (χ0) is 15.3. The van der Waals surface area contributed by atoms with Gasteiger partial charge in [-0.1, -0.05) is 0 Å². The van der Waals surface area contributed by atoms with Gasteiger partial charge in [0.25, 0.3) is 0 Å². The SMILES string of the molecule is COCCN1CCC[C@@H](N[C@@H]2CCN(CC(F)(F)F)C2)C1. The number of nitrogens with one attached hydrogen (secondary N) is 1. The first-order valence-corrected chi connectivity index (χ1v) is 7.73. The molecule has 1 N–H and O–H groups in total. The van der Waals surface area contributed by atoms with Crippen LogP contribution in [0.25, 0.3) is 0 Å². The van der Waals surface area contributed by atoms with Gasteiger partial charge in [0.05, 0.1) is 13.2 Å². The third-order valence-corrected chi connectivity index (χ3v) is 4.26. The normalized spacial score (nSPS) is 29.1. The Labute approximate surface area is 124 Å². The zero-order valence-electron chi connectivity index (χ0n) is 12.7. The standard InChI is InChI=1S/C14H26F3N3O/c1-21-8-7-19-5-2-3-12(9-19)18-13-4-6-20(10-13)11-14(15,16)17/h12-13,18H,2-11H2,1H3/t12-,13-/m1/s1. The molecule has 0 spiro atoms. The van der Waals surface area contributed by atoms with Crippen molar-refractivity contribution in [2.24, 2.45) is 0 Å². The second kappa shape index (κ2) is 7.76. The lowest BCUT2D eigenvalue weighted by Crippen LogP contribution is -2.50. The lowest BCUT2D eigenvalue weighted by molar-refractivity contribution is -0.143. The smallest absolute Gasteiger partial charge is 0.383 e.